The predicted octanol–water partition coefficient (Wildman–Crippen LogP) is 5.31. The van der Waals surface area contributed by atoms with Crippen LogP contribution in [0.15, 0.2) is 28.7 Å². The summed E-state index contributed by atoms with van der Waals surface area (Å²) < 4.78 is 11.5. The maximum Gasteiger partial charge on any atom is 0.224 e. The van der Waals surface area contributed by atoms with E-state index in [9.17, 15) is 4.79 Å². The Balaban J connectivity index is 2.08. The van der Waals surface area contributed by atoms with Crippen molar-refractivity contribution in [2.45, 2.75) is 26.7 Å². The van der Waals surface area contributed by atoms with Gasteiger partial charge in [0, 0.05) is 10.9 Å². The van der Waals surface area contributed by atoms with E-state index in [1.165, 1.54) is 0 Å². The molecule has 0 saturated heterocycles. The first-order chi connectivity index (χ1) is 11.8. The molecule has 6 heteroatoms. The molecule has 0 aliphatic heterocycles. The maximum atomic E-state index is 12.3. The first kappa shape index (κ1) is 19.6. The number of rotatable bonds is 6. The number of nitrogens with one attached hydrogen (secondary N) is 1. The summed E-state index contributed by atoms with van der Waals surface area (Å²) in [7, 11) is 3.18. The molecule has 0 aliphatic carbocycles. The zero-order valence-electron chi connectivity index (χ0n) is 14.7. The first-order valence-electron chi connectivity index (χ1n) is 7.82. The SMILES string of the molecule is COc1cc(Br)c(CCC(=O)Nc2c(C)cc(C)cc2Cl)cc1OC. The quantitative estimate of drug-likeness (QED) is 0.681. The number of anilines is 1. The van der Waals surface area contributed by atoms with Gasteiger partial charge in [-0.3, -0.25) is 4.79 Å². The molecule has 0 radical (unpaired) electrons. The Morgan fingerprint density at radius 2 is 1.76 bits per heavy atom. The van der Waals surface area contributed by atoms with Gasteiger partial charge in [0.05, 0.1) is 24.9 Å². The van der Waals surface area contributed by atoms with E-state index in [-0.39, 0.29) is 5.91 Å². The van der Waals surface area contributed by atoms with Gasteiger partial charge < -0.3 is 14.8 Å². The van der Waals surface area contributed by atoms with Gasteiger partial charge in [-0.15, -0.1) is 0 Å². The third-order valence-corrected chi connectivity index (χ3v) is 4.91. The van der Waals surface area contributed by atoms with Crippen molar-refractivity contribution in [2.75, 3.05) is 19.5 Å². The first-order valence-corrected chi connectivity index (χ1v) is 8.99. The van der Waals surface area contributed by atoms with Gasteiger partial charge in [0.1, 0.15) is 0 Å². The number of carbonyl (C=O) groups excluding carboxylic acids is 1. The minimum absolute atomic E-state index is 0.0875. The Hall–Kier alpha value is -1.72. The number of halogens is 2. The van der Waals surface area contributed by atoms with Gasteiger partial charge >= 0.3 is 0 Å². The number of hydrogen-bond donors (Lipinski definition) is 1. The van der Waals surface area contributed by atoms with E-state index in [0.717, 1.165) is 21.2 Å². The van der Waals surface area contributed by atoms with Crippen LogP contribution >= 0.6 is 27.5 Å². The lowest BCUT2D eigenvalue weighted by Crippen LogP contribution is -2.14. The molecule has 0 aromatic heterocycles. The van der Waals surface area contributed by atoms with Crippen LogP contribution in [-0.4, -0.2) is 20.1 Å². The highest BCUT2D eigenvalue weighted by Gasteiger charge is 2.13. The van der Waals surface area contributed by atoms with Gasteiger partial charge in [0.15, 0.2) is 11.5 Å². The molecule has 0 bridgehead atoms. The molecule has 0 fully saturated rings. The molecule has 0 atom stereocenters. The number of hydrogen-bond acceptors (Lipinski definition) is 3. The summed E-state index contributed by atoms with van der Waals surface area (Å²) in [5.74, 6) is 1.19. The molecule has 2 aromatic rings. The van der Waals surface area contributed by atoms with Gasteiger partial charge in [-0.2, -0.15) is 0 Å². The highest BCUT2D eigenvalue weighted by Crippen LogP contribution is 2.34. The van der Waals surface area contributed by atoms with Crippen LogP contribution in [0.4, 0.5) is 5.69 Å². The lowest BCUT2D eigenvalue weighted by Gasteiger charge is -2.13. The Bertz CT molecular complexity index is 769. The van der Waals surface area contributed by atoms with Gasteiger partial charge in [0.25, 0.3) is 0 Å². The molecule has 25 heavy (non-hydrogen) atoms. The fraction of sp³-hybridized carbons (Fsp3) is 0.316. The molecule has 2 rings (SSSR count). The average molecular weight is 427 g/mol. The van der Waals surface area contributed by atoms with Crippen LogP contribution in [0, 0.1) is 13.8 Å². The summed E-state index contributed by atoms with van der Waals surface area (Å²) in [6.45, 7) is 3.90. The molecule has 0 saturated carbocycles. The zero-order valence-corrected chi connectivity index (χ0v) is 17.0. The van der Waals surface area contributed by atoms with E-state index in [0.29, 0.717) is 35.1 Å². The molecule has 1 N–H and O–H groups in total. The Kier molecular flexibility index (Phi) is 6.73. The molecule has 0 unspecified atom stereocenters. The van der Waals surface area contributed by atoms with E-state index in [1.54, 1.807) is 14.2 Å². The molecule has 134 valence electrons. The molecule has 0 spiro atoms. The van der Waals surface area contributed by atoms with E-state index in [1.807, 2.05) is 38.1 Å². The normalized spacial score (nSPS) is 10.5. The summed E-state index contributed by atoms with van der Waals surface area (Å²) in [6, 6.07) is 7.55. The molecule has 0 aliphatic rings. The number of amides is 1. The van der Waals surface area contributed by atoms with E-state index >= 15 is 0 Å². The number of methoxy groups -OCH3 is 2. The number of ether oxygens (including phenoxy) is 2. The van der Waals surface area contributed by atoms with Crippen molar-refractivity contribution >= 4 is 39.1 Å². The van der Waals surface area contributed by atoms with Crippen LogP contribution in [-0.2, 0) is 11.2 Å². The maximum absolute atomic E-state index is 12.3. The lowest BCUT2D eigenvalue weighted by molar-refractivity contribution is -0.116. The average Bonchev–Trinajstić information content (AvgIpc) is 2.56. The minimum Gasteiger partial charge on any atom is -0.493 e. The van der Waals surface area contributed by atoms with Crippen molar-refractivity contribution in [1.29, 1.82) is 0 Å². The van der Waals surface area contributed by atoms with E-state index in [4.69, 9.17) is 21.1 Å². The van der Waals surface area contributed by atoms with Crippen molar-refractivity contribution < 1.29 is 14.3 Å². The van der Waals surface area contributed by atoms with Crippen molar-refractivity contribution in [3.8, 4) is 11.5 Å². The van der Waals surface area contributed by atoms with Crippen molar-refractivity contribution in [3.05, 3.63) is 50.5 Å². The highest BCUT2D eigenvalue weighted by atomic mass is 79.9. The Labute approximate surface area is 161 Å². The van der Waals surface area contributed by atoms with Gasteiger partial charge in [-0.25, -0.2) is 0 Å². The van der Waals surface area contributed by atoms with E-state index in [2.05, 4.69) is 21.2 Å². The molecular formula is C19H21BrClNO3. The smallest absolute Gasteiger partial charge is 0.224 e. The third kappa shape index (κ3) is 4.89. The summed E-state index contributed by atoms with van der Waals surface area (Å²) >= 11 is 9.75. The standard InChI is InChI=1S/C19H21BrClNO3/c1-11-7-12(2)19(15(21)8-11)22-18(23)6-5-13-9-16(24-3)17(25-4)10-14(13)20/h7-10H,5-6H2,1-4H3,(H,22,23). The van der Waals surface area contributed by atoms with Crippen molar-refractivity contribution in [3.63, 3.8) is 0 Å². The van der Waals surface area contributed by atoms with Crippen LogP contribution in [0.1, 0.15) is 23.1 Å². The van der Waals surface area contributed by atoms with Crippen LogP contribution in [0.25, 0.3) is 0 Å². The van der Waals surface area contributed by atoms with Crippen LogP contribution in [0.5, 0.6) is 11.5 Å². The second-order valence-corrected chi connectivity index (χ2v) is 7.05. The van der Waals surface area contributed by atoms with Gasteiger partial charge in [0.2, 0.25) is 5.91 Å². The molecule has 0 heterocycles. The molecule has 2 aromatic carbocycles. The second-order valence-electron chi connectivity index (χ2n) is 5.79. The molecule has 4 nitrogen and oxygen atoms in total. The summed E-state index contributed by atoms with van der Waals surface area (Å²) in [5, 5.41) is 3.46. The molecular weight excluding hydrogens is 406 g/mol. The number of carbonyl (C=O) groups is 1. The topological polar surface area (TPSA) is 47.6 Å². The summed E-state index contributed by atoms with van der Waals surface area (Å²) in [5.41, 5.74) is 3.66. The van der Waals surface area contributed by atoms with Gasteiger partial charge in [-0.1, -0.05) is 33.6 Å². The van der Waals surface area contributed by atoms with Gasteiger partial charge in [-0.05, 0) is 55.2 Å². The predicted molar refractivity (Wildman–Crippen MR) is 105 cm³/mol. The highest BCUT2D eigenvalue weighted by molar-refractivity contribution is 9.10. The molecule has 1 amide bonds. The monoisotopic (exact) mass is 425 g/mol. The lowest BCUT2D eigenvalue weighted by atomic mass is 10.1. The van der Waals surface area contributed by atoms with Crippen LogP contribution < -0.4 is 14.8 Å². The van der Waals surface area contributed by atoms with Crippen molar-refractivity contribution in [2.24, 2.45) is 0 Å². The van der Waals surface area contributed by atoms with Crippen LogP contribution in [0.2, 0.25) is 5.02 Å². The summed E-state index contributed by atoms with van der Waals surface area (Å²) in [4.78, 5) is 12.3. The largest absolute Gasteiger partial charge is 0.493 e. The van der Waals surface area contributed by atoms with Crippen molar-refractivity contribution in [1.82, 2.24) is 0 Å². The third-order valence-electron chi connectivity index (χ3n) is 3.87. The van der Waals surface area contributed by atoms with E-state index < -0.39 is 0 Å². The second kappa shape index (κ2) is 8.59. The Morgan fingerprint density at radius 3 is 2.36 bits per heavy atom. The fourth-order valence-electron chi connectivity index (χ4n) is 2.61. The zero-order chi connectivity index (χ0) is 18.6. The Morgan fingerprint density at radius 1 is 1.12 bits per heavy atom. The minimum atomic E-state index is -0.0875. The fourth-order valence-corrected chi connectivity index (χ4v) is 3.50. The summed E-state index contributed by atoms with van der Waals surface area (Å²) in [6.07, 6.45) is 0.896. The number of aryl methyl sites for hydroxylation is 3. The van der Waals surface area contributed by atoms with Crippen LogP contribution in [0.3, 0.4) is 0 Å². The number of benzene rings is 2.